The Hall–Kier alpha value is -3.39. The van der Waals surface area contributed by atoms with Crippen molar-refractivity contribution in [3.8, 4) is 11.1 Å². The molecule has 0 saturated heterocycles. The number of hydrogen-bond acceptors (Lipinski definition) is 5. The quantitative estimate of drug-likeness (QED) is 0.447. The van der Waals surface area contributed by atoms with E-state index in [0.29, 0.717) is 0 Å². The van der Waals surface area contributed by atoms with Gasteiger partial charge in [-0.2, -0.15) is 0 Å². The monoisotopic (exact) mass is 482 g/mol. The lowest BCUT2D eigenvalue weighted by atomic mass is 9.98. The van der Waals surface area contributed by atoms with Crippen LogP contribution in [0.4, 0.5) is 4.79 Å². The lowest BCUT2D eigenvalue weighted by Gasteiger charge is -2.26. The number of hydrogen-bond donors (Lipinski definition) is 3. The van der Waals surface area contributed by atoms with Crippen LogP contribution in [0.1, 0.15) is 50.7 Å². The van der Waals surface area contributed by atoms with Gasteiger partial charge in [0.25, 0.3) is 0 Å². The molecular weight excluding hydrogens is 448 g/mol. The number of ether oxygens (including phenoxy) is 2. The number of rotatable bonds is 11. The first kappa shape index (κ1) is 26.2. The molecule has 2 amide bonds. The van der Waals surface area contributed by atoms with E-state index < -0.39 is 36.2 Å². The highest BCUT2D eigenvalue weighted by Crippen LogP contribution is 2.44. The number of carboxylic acid groups (broad SMARTS) is 1. The Morgan fingerprint density at radius 3 is 2.06 bits per heavy atom. The molecule has 0 aliphatic heterocycles. The molecular formula is C27H34N2O6. The summed E-state index contributed by atoms with van der Waals surface area (Å²) in [5, 5.41) is 14.6. The zero-order chi connectivity index (χ0) is 25.5. The molecule has 8 nitrogen and oxygen atoms in total. The minimum atomic E-state index is -1.12. The minimum Gasteiger partial charge on any atom is -0.480 e. The van der Waals surface area contributed by atoms with E-state index in [2.05, 4.69) is 10.6 Å². The molecule has 0 saturated carbocycles. The number of nitrogens with one attached hydrogen (secondary N) is 2. The van der Waals surface area contributed by atoms with Crippen molar-refractivity contribution in [1.82, 2.24) is 10.6 Å². The highest BCUT2D eigenvalue weighted by molar-refractivity contribution is 5.89. The molecule has 3 N–H and O–H groups in total. The summed E-state index contributed by atoms with van der Waals surface area (Å²) in [6.07, 6.45) is -0.398. The van der Waals surface area contributed by atoms with Crippen molar-refractivity contribution in [2.24, 2.45) is 5.92 Å². The van der Waals surface area contributed by atoms with Crippen molar-refractivity contribution in [2.75, 3.05) is 13.7 Å². The van der Waals surface area contributed by atoms with Crippen molar-refractivity contribution in [3.63, 3.8) is 0 Å². The molecule has 188 valence electrons. The van der Waals surface area contributed by atoms with Crippen molar-refractivity contribution < 1.29 is 29.0 Å². The Kier molecular flexibility index (Phi) is 8.87. The van der Waals surface area contributed by atoms with Crippen molar-refractivity contribution in [1.29, 1.82) is 0 Å². The molecule has 0 spiro atoms. The third-order valence-electron chi connectivity index (χ3n) is 6.69. The van der Waals surface area contributed by atoms with Gasteiger partial charge in [0.2, 0.25) is 5.91 Å². The summed E-state index contributed by atoms with van der Waals surface area (Å²) in [7, 11) is 1.41. The maximum Gasteiger partial charge on any atom is 0.407 e. The molecule has 35 heavy (non-hydrogen) atoms. The van der Waals surface area contributed by atoms with Gasteiger partial charge in [0.05, 0.1) is 6.10 Å². The van der Waals surface area contributed by atoms with Crippen LogP contribution in [0.2, 0.25) is 0 Å². The number of alkyl carbamates (subject to hydrolysis) is 1. The van der Waals surface area contributed by atoms with Crippen molar-refractivity contribution in [2.45, 2.75) is 57.7 Å². The third-order valence-corrected chi connectivity index (χ3v) is 6.69. The summed E-state index contributed by atoms with van der Waals surface area (Å²) < 4.78 is 10.8. The predicted molar refractivity (Wildman–Crippen MR) is 132 cm³/mol. The average Bonchev–Trinajstić information content (AvgIpc) is 3.18. The van der Waals surface area contributed by atoms with Gasteiger partial charge in [-0.15, -0.1) is 0 Å². The second kappa shape index (κ2) is 11.8. The Morgan fingerprint density at radius 1 is 0.971 bits per heavy atom. The number of aliphatic carboxylic acids is 1. The number of amides is 2. The molecule has 2 aromatic rings. The van der Waals surface area contributed by atoms with Gasteiger partial charge < -0.3 is 25.2 Å². The van der Waals surface area contributed by atoms with E-state index in [0.717, 1.165) is 28.7 Å². The van der Waals surface area contributed by atoms with Gasteiger partial charge in [-0.25, -0.2) is 9.59 Å². The Morgan fingerprint density at radius 2 is 1.54 bits per heavy atom. The number of methoxy groups -OCH3 is 1. The first-order valence-corrected chi connectivity index (χ1v) is 11.9. The fourth-order valence-electron chi connectivity index (χ4n) is 4.35. The molecule has 8 heteroatoms. The van der Waals surface area contributed by atoms with Gasteiger partial charge in [-0.05, 0) is 41.5 Å². The number of carboxylic acids is 1. The second-order valence-electron chi connectivity index (χ2n) is 9.04. The van der Waals surface area contributed by atoms with Crippen LogP contribution in [0.5, 0.6) is 0 Å². The molecule has 0 aromatic heterocycles. The maximum atomic E-state index is 12.9. The lowest BCUT2D eigenvalue weighted by Crippen LogP contribution is -2.56. The zero-order valence-electron chi connectivity index (χ0n) is 20.6. The van der Waals surface area contributed by atoms with Gasteiger partial charge in [0.1, 0.15) is 18.7 Å². The average molecular weight is 483 g/mol. The van der Waals surface area contributed by atoms with Gasteiger partial charge in [0, 0.05) is 13.0 Å². The number of fused-ring (bicyclic) bond motifs is 3. The molecule has 0 fully saturated rings. The lowest BCUT2D eigenvalue weighted by molar-refractivity contribution is -0.143. The van der Waals surface area contributed by atoms with Gasteiger partial charge in [-0.1, -0.05) is 68.8 Å². The Balaban J connectivity index is 1.67. The largest absolute Gasteiger partial charge is 0.480 e. The van der Waals surface area contributed by atoms with Crippen LogP contribution in [-0.2, 0) is 19.1 Å². The van der Waals surface area contributed by atoms with Crippen LogP contribution in [-0.4, -0.2) is 55.0 Å². The molecule has 1 aliphatic carbocycles. The minimum absolute atomic E-state index is 0.0985. The smallest absolute Gasteiger partial charge is 0.407 e. The van der Waals surface area contributed by atoms with Crippen LogP contribution >= 0.6 is 0 Å². The predicted octanol–water partition coefficient (Wildman–Crippen LogP) is 3.93. The molecule has 0 radical (unpaired) electrons. The van der Waals surface area contributed by atoms with Crippen LogP contribution < -0.4 is 10.6 Å². The molecule has 4 unspecified atom stereocenters. The maximum absolute atomic E-state index is 12.9. The van der Waals surface area contributed by atoms with E-state index in [1.165, 1.54) is 7.11 Å². The van der Waals surface area contributed by atoms with E-state index >= 15 is 0 Å². The summed E-state index contributed by atoms with van der Waals surface area (Å²) in [5.41, 5.74) is 4.39. The Labute approximate surface area is 206 Å². The molecule has 3 rings (SSSR count). The van der Waals surface area contributed by atoms with E-state index in [1.54, 1.807) is 6.92 Å². The Bertz CT molecular complexity index is 1010. The standard InChI is InChI=1S/C27H34N2O6/c1-5-16(2)14-23(26(31)32)28-25(30)24(17(3)34-4)29-27(33)35-15-22-20-12-8-6-10-18(20)19-11-7-9-13-21(19)22/h6-13,16-17,22-24H,5,14-15H2,1-4H3,(H,28,30)(H,29,33)(H,31,32). The zero-order valence-corrected chi connectivity index (χ0v) is 20.6. The molecule has 0 heterocycles. The van der Waals surface area contributed by atoms with E-state index in [-0.39, 0.29) is 24.9 Å². The van der Waals surface area contributed by atoms with Gasteiger partial charge in [-0.3, -0.25) is 4.79 Å². The topological polar surface area (TPSA) is 114 Å². The summed E-state index contributed by atoms with van der Waals surface area (Å²) in [5.74, 6) is -1.76. The fraction of sp³-hybridized carbons (Fsp3) is 0.444. The summed E-state index contributed by atoms with van der Waals surface area (Å²) >= 11 is 0. The van der Waals surface area contributed by atoms with Crippen LogP contribution in [0, 0.1) is 5.92 Å². The van der Waals surface area contributed by atoms with Crippen molar-refractivity contribution in [3.05, 3.63) is 59.7 Å². The highest BCUT2D eigenvalue weighted by atomic mass is 16.5. The first-order valence-electron chi connectivity index (χ1n) is 11.9. The number of benzene rings is 2. The van der Waals surface area contributed by atoms with E-state index in [9.17, 15) is 19.5 Å². The van der Waals surface area contributed by atoms with Crippen LogP contribution in [0.15, 0.2) is 48.5 Å². The molecule has 4 atom stereocenters. The van der Waals surface area contributed by atoms with E-state index in [4.69, 9.17) is 9.47 Å². The number of carbonyl (C=O) groups is 3. The molecule has 0 bridgehead atoms. The number of carbonyl (C=O) groups excluding carboxylic acids is 2. The third kappa shape index (κ3) is 6.19. The molecule has 1 aliphatic rings. The SMILES string of the molecule is CCC(C)CC(NC(=O)C(NC(=O)OCC1c2ccccc2-c2ccccc21)C(C)OC)C(=O)O. The van der Waals surface area contributed by atoms with Crippen LogP contribution in [0.25, 0.3) is 11.1 Å². The molecule has 2 aromatic carbocycles. The summed E-state index contributed by atoms with van der Waals surface area (Å²) in [4.78, 5) is 37.3. The summed E-state index contributed by atoms with van der Waals surface area (Å²) in [6.45, 7) is 5.60. The van der Waals surface area contributed by atoms with Crippen molar-refractivity contribution >= 4 is 18.0 Å². The normalized spacial score (nSPS) is 15.8. The van der Waals surface area contributed by atoms with Gasteiger partial charge in [0.15, 0.2) is 0 Å². The van der Waals surface area contributed by atoms with Crippen LogP contribution in [0.3, 0.4) is 0 Å². The fourth-order valence-corrected chi connectivity index (χ4v) is 4.35. The van der Waals surface area contributed by atoms with Gasteiger partial charge >= 0.3 is 12.1 Å². The second-order valence-corrected chi connectivity index (χ2v) is 9.04. The summed E-state index contributed by atoms with van der Waals surface area (Å²) in [6, 6.07) is 13.8. The van der Waals surface area contributed by atoms with E-state index in [1.807, 2.05) is 62.4 Å². The first-order chi connectivity index (χ1) is 16.8. The highest BCUT2D eigenvalue weighted by Gasteiger charge is 2.33.